The standard InChI is InChI=1S/C44H48ClN9O5S/c1-23-24(2)60-44-38(23)39(27-4-6-28(45)7-5-27)46-34(40-49-48-25(3)53(40)44)19-37(56)50-16-14-26(15-17-50)20-52-30-8-9-31(52)22-51(21-30)29-10-11-32-33(18-29)43(59)54(42(32)58)35-12-13-36(55)47-41(35)57/h4-7,10-11,18,26,30-31,34-35,39,46H,8-9,12-17,19-22H2,1-3H3,(H,47,55,57)/t30?,31?,34?,35?,39-/m0/s1. The van der Waals surface area contributed by atoms with Crippen LogP contribution in [0.15, 0.2) is 42.5 Å². The maximum atomic E-state index is 14.2. The van der Waals surface area contributed by atoms with Crippen LogP contribution in [-0.4, -0.2) is 110 Å². The van der Waals surface area contributed by atoms with Crippen LogP contribution in [0.1, 0.15) is 111 Å². The minimum absolute atomic E-state index is 0.0897. The van der Waals surface area contributed by atoms with Crippen molar-refractivity contribution in [3.63, 3.8) is 0 Å². The average molecular weight is 850 g/mol. The summed E-state index contributed by atoms with van der Waals surface area (Å²) < 4.78 is 2.14. The van der Waals surface area contributed by atoms with E-state index in [1.165, 1.54) is 16.0 Å². The number of imide groups is 2. The largest absolute Gasteiger partial charge is 0.368 e. The van der Waals surface area contributed by atoms with Gasteiger partial charge in [0.25, 0.3) is 11.8 Å². The van der Waals surface area contributed by atoms with Crippen molar-refractivity contribution >= 4 is 58.2 Å². The van der Waals surface area contributed by atoms with E-state index in [1.54, 1.807) is 23.5 Å². The van der Waals surface area contributed by atoms with Crippen LogP contribution in [-0.2, 0) is 14.4 Å². The van der Waals surface area contributed by atoms with Crippen molar-refractivity contribution in [3.05, 3.63) is 91.8 Å². The highest BCUT2D eigenvalue weighted by Crippen LogP contribution is 2.44. The van der Waals surface area contributed by atoms with E-state index >= 15 is 0 Å². The summed E-state index contributed by atoms with van der Waals surface area (Å²) in [6.45, 7) is 10.4. The topological polar surface area (TPSA) is 153 Å². The zero-order valence-electron chi connectivity index (χ0n) is 33.9. The fourth-order valence-electron chi connectivity index (χ4n) is 10.5. The molecule has 6 aliphatic heterocycles. The molecule has 8 heterocycles. The molecule has 2 aromatic heterocycles. The summed E-state index contributed by atoms with van der Waals surface area (Å²) >= 11 is 8.05. The van der Waals surface area contributed by atoms with Crippen LogP contribution in [0.25, 0.3) is 5.00 Å². The Kier molecular flexibility index (Phi) is 9.92. The molecule has 4 unspecified atom stereocenters. The fraction of sp³-hybridized carbons (Fsp3) is 0.477. The van der Waals surface area contributed by atoms with Gasteiger partial charge in [0.15, 0.2) is 5.82 Å². The van der Waals surface area contributed by atoms with E-state index in [0.717, 1.165) is 91.2 Å². The Balaban J connectivity index is 0.776. The molecule has 5 atom stereocenters. The van der Waals surface area contributed by atoms with Crippen molar-refractivity contribution in [1.29, 1.82) is 0 Å². The van der Waals surface area contributed by atoms with Gasteiger partial charge in [0.05, 0.1) is 23.2 Å². The van der Waals surface area contributed by atoms with Crippen LogP contribution in [0, 0.1) is 26.7 Å². The molecule has 312 valence electrons. The van der Waals surface area contributed by atoms with Gasteiger partial charge in [-0.05, 0) is 100 Å². The molecular formula is C44H48ClN9O5S. The smallest absolute Gasteiger partial charge is 0.262 e. The van der Waals surface area contributed by atoms with E-state index < -0.39 is 29.7 Å². The van der Waals surface area contributed by atoms with E-state index in [0.29, 0.717) is 34.2 Å². The Morgan fingerprint density at radius 2 is 1.60 bits per heavy atom. The molecule has 10 rings (SSSR count). The van der Waals surface area contributed by atoms with Gasteiger partial charge in [0, 0.05) is 78.8 Å². The number of likely N-dealkylation sites (tertiary alicyclic amines) is 1. The predicted octanol–water partition coefficient (Wildman–Crippen LogP) is 5.02. The number of aryl methyl sites for hydroxylation is 2. The summed E-state index contributed by atoms with van der Waals surface area (Å²) in [6, 6.07) is 12.7. The molecule has 60 heavy (non-hydrogen) atoms. The number of piperidine rings is 2. The Bertz CT molecular complexity index is 2430. The molecule has 6 aliphatic rings. The summed E-state index contributed by atoms with van der Waals surface area (Å²) in [6.07, 6.45) is 4.61. The molecule has 0 aliphatic carbocycles. The Morgan fingerprint density at radius 3 is 2.32 bits per heavy atom. The minimum atomic E-state index is -0.980. The summed E-state index contributed by atoms with van der Waals surface area (Å²) in [7, 11) is 0. The third-order valence-corrected chi connectivity index (χ3v) is 15.3. The van der Waals surface area contributed by atoms with E-state index in [-0.39, 0.29) is 37.3 Å². The highest BCUT2D eigenvalue weighted by Gasteiger charge is 2.46. The van der Waals surface area contributed by atoms with Gasteiger partial charge >= 0.3 is 0 Å². The molecular weight excluding hydrogens is 802 g/mol. The lowest BCUT2D eigenvalue weighted by atomic mass is 9.94. The number of rotatable bonds is 7. The van der Waals surface area contributed by atoms with Crippen molar-refractivity contribution in [3.8, 4) is 5.00 Å². The number of anilines is 1. The number of fused-ring (bicyclic) bond motifs is 6. The number of hydrogen-bond donors (Lipinski definition) is 2. The van der Waals surface area contributed by atoms with Crippen LogP contribution in [0.2, 0.25) is 5.02 Å². The Labute approximate surface area is 357 Å². The molecule has 16 heteroatoms. The van der Waals surface area contributed by atoms with Gasteiger partial charge in [-0.15, -0.1) is 21.5 Å². The first-order valence-electron chi connectivity index (χ1n) is 21.1. The van der Waals surface area contributed by atoms with Crippen LogP contribution in [0.5, 0.6) is 0 Å². The quantitative estimate of drug-likeness (QED) is 0.243. The second kappa shape index (κ2) is 15.2. The lowest BCUT2D eigenvalue weighted by Crippen LogP contribution is -2.55. The molecule has 0 radical (unpaired) electrons. The Morgan fingerprint density at radius 1 is 0.883 bits per heavy atom. The van der Waals surface area contributed by atoms with E-state index in [4.69, 9.17) is 11.6 Å². The van der Waals surface area contributed by atoms with Crippen LogP contribution >= 0.6 is 22.9 Å². The molecule has 4 saturated heterocycles. The lowest BCUT2D eigenvalue weighted by molar-refractivity contribution is -0.136. The highest BCUT2D eigenvalue weighted by atomic mass is 35.5. The fourth-order valence-corrected chi connectivity index (χ4v) is 11.9. The zero-order chi connectivity index (χ0) is 41.6. The molecule has 0 saturated carbocycles. The third-order valence-electron chi connectivity index (χ3n) is 13.9. The third kappa shape index (κ3) is 6.64. The van der Waals surface area contributed by atoms with Crippen LogP contribution in [0.3, 0.4) is 0 Å². The summed E-state index contributed by atoms with van der Waals surface area (Å²) in [5, 5.41) is 17.0. The lowest BCUT2D eigenvalue weighted by Gasteiger charge is -2.44. The van der Waals surface area contributed by atoms with Crippen LogP contribution < -0.4 is 15.5 Å². The number of hydrogen-bond acceptors (Lipinski definition) is 11. The molecule has 2 bridgehead atoms. The molecule has 2 N–H and O–H groups in total. The van der Waals surface area contributed by atoms with Crippen molar-refractivity contribution in [2.75, 3.05) is 37.6 Å². The van der Waals surface area contributed by atoms with Gasteiger partial charge in [-0.1, -0.05) is 23.7 Å². The van der Waals surface area contributed by atoms with E-state index in [1.807, 2.05) is 30.0 Å². The average Bonchev–Trinajstić information content (AvgIpc) is 3.87. The van der Waals surface area contributed by atoms with E-state index in [9.17, 15) is 24.0 Å². The van der Waals surface area contributed by atoms with Crippen molar-refractivity contribution in [2.45, 2.75) is 95.9 Å². The molecule has 5 amide bonds. The molecule has 4 fully saturated rings. The van der Waals surface area contributed by atoms with E-state index in [2.05, 4.69) is 61.2 Å². The number of nitrogens with one attached hydrogen (secondary N) is 2. The number of thiophene rings is 1. The van der Waals surface area contributed by atoms with Gasteiger partial charge < -0.3 is 9.80 Å². The highest BCUT2D eigenvalue weighted by molar-refractivity contribution is 7.14. The molecule has 2 aromatic carbocycles. The van der Waals surface area contributed by atoms with Gasteiger partial charge in [0.2, 0.25) is 17.7 Å². The maximum Gasteiger partial charge on any atom is 0.262 e. The summed E-state index contributed by atoms with van der Waals surface area (Å²) in [4.78, 5) is 74.5. The molecule has 4 aromatic rings. The van der Waals surface area contributed by atoms with Gasteiger partial charge in [-0.3, -0.25) is 49.0 Å². The normalized spacial score (nSPS) is 25.7. The first-order valence-corrected chi connectivity index (χ1v) is 22.3. The number of nitrogens with zero attached hydrogens (tertiary/aromatic N) is 7. The maximum absolute atomic E-state index is 14.2. The second-order valence-electron chi connectivity index (χ2n) is 17.3. The Hall–Kier alpha value is -4.96. The summed E-state index contributed by atoms with van der Waals surface area (Å²) in [5.41, 5.74) is 5.01. The second-order valence-corrected chi connectivity index (χ2v) is 19.0. The molecule has 0 spiro atoms. The number of aromatic nitrogens is 3. The number of benzene rings is 2. The zero-order valence-corrected chi connectivity index (χ0v) is 35.5. The van der Waals surface area contributed by atoms with Crippen LogP contribution in [0.4, 0.5) is 5.69 Å². The summed E-state index contributed by atoms with van der Waals surface area (Å²) in [5.74, 6) is 0.211. The van der Waals surface area contributed by atoms with Crippen molar-refractivity contribution < 1.29 is 24.0 Å². The van der Waals surface area contributed by atoms with Crippen molar-refractivity contribution in [2.24, 2.45) is 5.92 Å². The number of carbonyl (C=O) groups excluding carboxylic acids is 5. The predicted molar refractivity (Wildman–Crippen MR) is 225 cm³/mol. The minimum Gasteiger partial charge on any atom is -0.368 e. The number of halogens is 1. The SMILES string of the molecule is Cc1sc2c(c1C)[C@H](c1ccc(Cl)cc1)NC(CC(=O)N1CCC(CN3C4CCC3CN(c3ccc5c(c3)C(=O)N(C3CCC(=O)NC3=O)C5=O)C4)CC1)c1nnc(C)n1-2. The number of carbonyl (C=O) groups is 5. The first kappa shape index (κ1) is 39.2. The van der Waals surface area contributed by atoms with Gasteiger partial charge in [0.1, 0.15) is 16.9 Å². The molecule has 14 nitrogen and oxygen atoms in total. The first-order chi connectivity index (χ1) is 28.9. The number of amides is 5. The van der Waals surface area contributed by atoms with Gasteiger partial charge in [-0.25, -0.2) is 0 Å². The van der Waals surface area contributed by atoms with Gasteiger partial charge in [-0.2, -0.15) is 0 Å². The number of piperazine rings is 1. The van der Waals surface area contributed by atoms with Crippen molar-refractivity contribution in [1.82, 2.24) is 40.1 Å². The monoisotopic (exact) mass is 849 g/mol.